The van der Waals surface area contributed by atoms with Crippen LogP contribution in [0.25, 0.3) is 0 Å². The van der Waals surface area contributed by atoms with Crippen LogP contribution >= 0.6 is 11.3 Å². The van der Waals surface area contributed by atoms with E-state index >= 15 is 0 Å². The van der Waals surface area contributed by atoms with Gasteiger partial charge in [0.15, 0.2) is 5.69 Å². The highest BCUT2D eigenvalue weighted by molar-refractivity contribution is 7.17. The summed E-state index contributed by atoms with van der Waals surface area (Å²) in [5.41, 5.74) is 1.44. The van der Waals surface area contributed by atoms with E-state index in [9.17, 15) is 14.4 Å². The van der Waals surface area contributed by atoms with Gasteiger partial charge in [-0.15, -0.1) is 11.3 Å². The van der Waals surface area contributed by atoms with Crippen molar-refractivity contribution in [3.63, 3.8) is 0 Å². The van der Waals surface area contributed by atoms with E-state index in [0.717, 1.165) is 42.5 Å². The fraction of sp³-hybridized carbons (Fsp3) is 0.474. The first-order chi connectivity index (χ1) is 13.5. The number of anilines is 1. The van der Waals surface area contributed by atoms with E-state index < -0.39 is 5.97 Å². The van der Waals surface area contributed by atoms with Gasteiger partial charge in [0, 0.05) is 24.0 Å². The standard InChI is InChI=1S/C19H23N3O5S/c1-2-11-27-19(26)16-12-5-3-4-6-14(12)28-17(16)20-15(23)8-10-22-9-7-13(21-22)18(24)25/h7,9H,2-6,8,10-11H2,1H3,(H,20,23)(H,24,25). The minimum absolute atomic E-state index is 0.0627. The number of rotatable bonds is 8. The molecule has 1 amide bonds. The number of amides is 1. The number of nitrogens with zero attached hydrogens (tertiary/aromatic N) is 2. The molecule has 0 aliphatic heterocycles. The first kappa shape index (κ1) is 20.1. The van der Waals surface area contributed by atoms with Crippen LogP contribution in [0, 0.1) is 0 Å². The molecule has 0 aromatic carbocycles. The van der Waals surface area contributed by atoms with Gasteiger partial charge in [0.25, 0.3) is 0 Å². The van der Waals surface area contributed by atoms with E-state index in [4.69, 9.17) is 9.84 Å². The summed E-state index contributed by atoms with van der Waals surface area (Å²) in [6.45, 7) is 2.53. The molecule has 2 heterocycles. The summed E-state index contributed by atoms with van der Waals surface area (Å²) in [5.74, 6) is -1.74. The molecule has 150 valence electrons. The molecule has 28 heavy (non-hydrogen) atoms. The highest BCUT2D eigenvalue weighted by atomic mass is 32.1. The first-order valence-corrected chi connectivity index (χ1v) is 10.2. The summed E-state index contributed by atoms with van der Waals surface area (Å²) in [4.78, 5) is 37.0. The maximum absolute atomic E-state index is 12.5. The molecular weight excluding hydrogens is 382 g/mol. The fourth-order valence-electron chi connectivity index (χ4n) is 3.14. The van der Waals surface area contributed by atoms with E-state index in [2.05, 4.69) is 10.4 Å². The molecule has 0 atom stereocenters. The molecule has 1 aliphatic carbocycles. The zero-order valence-electron chi connectivity index (χ0n) is 15.7. The Morgan fingerprint density at radius 2 is 2.11 bits per heavy atom. The monoisotopic (exact) mass is 405 g/mol. The van der Waals surface area contributed by atoms with Crippen molar-refractivity contribution in [1.29, 1.82) is 0 Å². The Morgan fingerprint density at radius 3 is 2.82 bits per heavy atom. The zero-order valence-corrected chi connectivity index (χ0v) is 16.5. The third-order valence-corrected chi connectivity index (χ3v) is 5.70. The highest BCUT2D eigenvalue weighted by Gasteiger charge is 2.27. The predicted molar refractivity (Wildman–Crippen MR) is 104 cm³/mol. The topological polar surface area (TPSA) is 111 Å². The largest absolute Gasteiger partial charge is 0.476 e. The summed E-state index contributed by atoms with van der Waals surface area (Å²) >= 11 is 1.45. The third kappa shape index (κ3) is 4.59. The lowest BCUT2D eigenvalue weighted by Crippen LogP contribution is -2.17. The molecule has 1 aliphatic rings. The maximum atomic E-state index is 12.5. The molecule has 0 radical (unpaired) electrons. The number of carboxylic acids is 1. The van der Waals surface area contributed by atoms with Gasteiger partial charge >= 0.3 is 11.9 Å². The highest BCUT2D eigenvalue weighted by Crippen LogP contribution is 2.38. The molecule has 0 spiro atoms. The number of nitrogens with one attached hydrogen (secondary N) is 1. The SMILES string of the molecule is CCCOC(=O)c1c(NC(=O)CCn2ccc(C(=O)O)n2)sc2c1CCCC2. The van der Waals surface area contributed by atoms with Crippen molar-refractivity contribution in [2.45, 2.75) is 52.0 Å². The second kappa shape index (κ2) is 9.01. The molecule has 8 nitrogen and oxygen atoms in total. The van der Waals surface area contributed by atoms with Crippen LogP contribution < -0.4 is 5.32 Å². The van der Waals surface area contributed by atoms with Crippen molar-refractivity contribution in [2.24, 2.45) is 0 Å². The number of hydrogen-bond acceptors (Lipinski definition) is 6. The molecule has 0 fully saturated rings. The molecular formula is C19H23N3O5S. The molecule has 2 N–H and O–H groups in total. The lowest BCUT2D eigenvalue weighted by molar-refractivity contribution is -0.116. The lowest BCUT2D eigenvalue weighted by Gasteiger charge is -2.12. The van der Waals surface area contributed by atoms with E-state index in [-0.39, 0.29) is 30.5 Å². The Labute approximate surface area is 166 Å². The molecule has 0 saturated heterocycles. The summed E-state index contributed by atoms with van der Waals surface area (Å²) in [7, 11) is 0. The molecule has 0 bridgehead atoms. The normalized spacial score (nSPS) is 13.0. The van der Waals surface area contributed by atoms with Crippen LogP contribution in [0.5, 0.6) is 0 Å². The number of esters is 1. The van der Waals surface area contributed by atoms with E-state index in [1.807, 2.05) is 6.92 Å². The smallest absolute Gasteiger partial charge is 0.356 e. The van der Waals surface area contributed by atoms with Gasteiger partial charge in [0.1, 0.15) is 5.00 Å². The first-order valence-electron chi connectivity index (χ1n) is 9.37. The second-order valence-corrected chi connectivity index (χ2v) is 7.72. The number of thiophene rings is 1. The van der Waals surface area contributed by atoms with Gasteiger partial charge in [-0.3, -0.25) is 9.48 Å². The number of carbonyl (C=O) groups excluding carboxylic acids is 2. The van der Waals surface area contributed by atoms with Crippen molar-refractivity contribution in [2.75, 3.05) is 11.9 Å². The minimum Gasteiger partial charge on any atom is -0.476 e. The van der Waals surface area contributed by atoms with Gasteiger partial charge in [-0.2, -0.15) is 5.10 Å². The number of carboxylic acid groups (broad SMARTS) is 1. The van der Waals surface area contributed by atoms with Gasteiger partial charge < -0.3 is 15.2 Å². The van der Waals surface area contributed by atoms with Crippen LogP contribution in [0.1, 0.15) is 63.9 Å². The number of aromatic nitrogens is 2. The molecule has 2 aromatic rings. The van der Waals surface area contributed by atoms with Gasteiger partial charge in [0.05, 0.1) is 12.2 Å². The number of hydrogen-bond donors (Lipinski definition) is 2. The van der Waals surface area contributed by atoms with E-state index in [1.54, 1.807) is 0 Å². The van der Waals surface area contributed by atoms with Crippen LogP contribution in [0.3, 0.4) is 0 Å². The summed E-state index contributed by atoms with van der Waals surface area (Å²) in [6.07, 6.45) is 6.22. The Balaban J connectivity index is 1.69. The van der Waals surface area contributed by atoms with Crippen LogP contribution in [0.2, 0.25) is 0 Å². The van der Waals surface area contributed by atoms with E-state index in [0.29, 0.717) is 17.2 Å². The lowest BCUT2D eigenvalue weighted by atomic mass is 9.95. The van der Waals surface area contributed by atoms with E-state index in [1.165, 1.54) is 28.3 Å². The minimum atomic E-state index is -1.11. The molecule has 2 aromatic heterocycles. The molecule has 9 heteroatoms. The van der Waals surface area contributed by atoms with Crippen molar-refractivity contribution in [1.82, 2.24) is 9.78 Å². The summed E-state index contributed by atoms with van der Waals surface area (Å²) < 4.78 is 6.74. The van der Waals surface area contributed by atoms with Crippen LogP contribution in [0.15, 0.2) is 12.3 Å². The Morgan fingerprint density at radius 1 is 1.32 bits per heavy atom. The Bertz CT molecular complexity index is 886. The predicted octanol–water partition coefficient (Wildman–Crippen LogP) is 3.12. The Kier molecular flexibility index (Phi) is 6.45. The van der Waals surface area contributed by atoms with Crippen LogP contribution in [-0.2, 0) is 28.9 Å². The van der Waals surface area contributed by atoms with Gasteiger partial charge in [-0.25, -0.2) is 9.59 Å². The van der Waals surface area contributed by atoms with Gasteiger partial charge in [-0.05, 0) is 43.7 Å². The van der Waals surface area contributed by atoms with Gasteiger partial charge in [0.2, 0.25) is 5.91 Å². The third-order valence-electron chi connectivity index (χ3n) is 4.49. The number of carbonyl (C=O) groups is 3. The number of aromatic carboxylic acids is 1. The quantitative estimate of drug-likeness (QED) is 0.653. The summed E-state index contributed by atoms with van der Waals surface area (Å²) in [6, 6.07) is 1.38. The van der Waals surface area contributed by atoms with Crippen molar-refractivity contribution >= 4 is 34.2 Å². The summed E-state index contributed by atoms with van der Waals surface area (Å²) in [5, 5.41) is 16.2. The number of ether oxygens (including phenoxy) is 1. The average Bonchev–Trinajstić information content (AvgIpc) is 3.29. The average molecular weight is 405 g/mol. The van der Waals surface area contributed by atoms with Crippen molar-refractivity contribution < 1.29 is 24.2 Å². The fourth-order valence-corrected chi connectivity index (χ4v) is 4.44. The van der Waals surface area contributed by atoms with Crippen molar-refractivity contribution in [3.8, 4) is 0 Å². The number of fused-ring (bicyclic) bond motifs is 1. The maximum Gasteiger partial charge on any atom is 0.356 e. The zero-order chi connectivity index (χ0) is 20.1. The second-order valence-electron chi connectivity index (χ2n) is 6.62. The molecule has 0 unspecified atom stereocenters. The molecule has 0 saturated carbocycles. The van der Waals surface area contributed by atoms with Crippen molar-refractivity contribution in [3.05, 3.63) is 34.0 Å². The van der Waals surface area contributed by atoms with Crippen LogP contribution in [-0.4, -0.2) is 39.3 Å². The Hall–Kier alpha value is -2.68. The van der Waals surface area contributed by atoms with Gasteiger partial charge in [-0.1, -0.05) is 6.92 Å². The number of aryl methyl sites for hydroxylation is 2. The molecule has 3 rings (SSSR count). The van der Waals surface area contributed by atoms with Crippen LogP contribution in [0.4, 0.5) is 5.00 Å².